The number of hydrogen-bond donors (Lipinski definition) is 2. The topological polar surface area (TPSA) is 163 Å². The van der Waals surface area contributed by atoms with Crippen molar-refractivity contribution in [1.82, 2.24) is 15.2 Å². The van der Waals surface area contributed by atoms with E-state index in [1.807, 2.05) is 13.0 Å². The first-order chi connectivity index (χ1) is 16.7. The number of nitrogen functional groups attached to an aromatic ring is 1. The average molecular weight is 524 g/mol. The van der Waals surface area contributed by atoms with Crippen LogP contribution in [-0.2, 0) is 33.5 Å². The molecule has 2 aliphatic rings. The highest BCUT2D eigenvalue weighted by Crippen LogP contribution is 2.41. The van der Waals surface area contributed by atoms with E-state index in [4.69, 9.17) is 20.0 Å². The number of ether oxygens (including phenoxy) is 2. The zero-order chi connectivity index (χ0) is 25.7. The molecular formula is C21H25N5O7S2. The van der Waals surface area contributed by atoms with E-state index in [1.165, 1.54) is 37.6 Å². The standard InChI is InChI=1S/C21H25N5O7S2/c1-5-6-7-12-8-34-19-15(24-17(28)14(25-31-4)13-9-35-21(22)23-13)18(29)26(19)16(12)20(30)33-11(3)32-10(2)27/h6-7,9,11,15,19H,5,8H2,1-4H3,(H2,22,23)(H,24,28)/b7-6-,25-14-. The number of amides is 2. The Hall–Kier alpha value is -3.39. The minimum Gasteiger partial charge on any atom is -0.426 e. The maximum atomic E-state index is 13.1. The number of aromatic nitrogens is 1. The van der Waals surface area contributed by atoms with E-state index in [0.29, 0.717) is 11.3 Å². The maximum Gasteiger partial charge on any atom is 0.358 e. The Bertz CT molecular complexity index is 1110. The van der Waals surface area contributed by atoms with Crippen LogP contribution in [0.15, 0.2) is 34.0 Å². The molecule has 0 saturated carbocycles. The number of β-lactam (4-membered cyclic amide) rings is 1. The highest BCUT2D eigenvalue weighted by molar-refractivity contribution is 8.00. The first-order valence-corrected chi connectivity index (χ1v) is 12.5. The largest absolute Gasteiger partial charge is 0.426 e. The third kappa shape index (κ3) is 5.82. The molecule has 0 radical (unpaired) electrons. The highest BCUT2D eigenvalue weighted by Gasteiger charge is 2.54. The van der Waals surface area contributed by atoms with Crippen molar-refractivity contribution >= 4 is 57.7 Å². The van der Waals surface area contributed by atoms with Gasteiger partial charge in [-0.2, -0.15) is 0 Å². The number of nitrogens with two attached hydrogens (primary N) is 1. The SMILES string of the molecule is CC/C=C\C1=C(C(=O)OC(C)OC(C)=O)N2C(=O)C(NC(=O)/C(=N\OC)c3csc(N)n3)C2SC1. The molecule has 1 fully saturated rings. The van der Waals surface area contributed by atoms with Gasteiger partial charge in [-0.05, 0) is 12.0 Å². The second-order valence-corrected chi connectivity index (χ2v) is 9.32. The van der Waals surface area contributed by atoms with E-state index in [0.717, 1.165) is 17.8 Å². The molecule has 14 heteroatoms. The molecule has 0 aliphatic carbocycles. The number of carbonyl (C=O) groups is 4. The number of anilines is 1. The number of rotatable bonds is 9. The van der Waals surface area contributed by atoms with Gasteiger partial charge in [0.05, 0.1) is 0 Å². The van der Waals surface area contributed by atoms with E-state index in [2.05, 4.69) is 15.5 Å². The van der Waals surface area contributed by atoms with E-state index < -0.39 is 41.5 Å². The molecular weight excluding hydrogens is 498 g/mol. The summed E-state index contributed by atoms with van der Waals surface area (Å²) in [5, 5.41) is 7.60. The first-order valence-electron chi connectivity index (χ1n) is 10.5. The molecule has 3 rings (SSSR count). The number of hydrogen-bond acceptors (Lipinski definition) is 12. The van der Waals surface area contributed by atoms with Crippen LogP contribution in [0.25, 0.3) is 0 Å². The molecule has 0 aromatic carbocycles. The predicted molar refractivity (Wildman–Crippen MR) is 129 cm³/mol. The van der Waals surface area contributed by atoms with Gasteiger partial charge in [-0.3, -0.25) is 19.3 Å². The van der Waals surface area contributed by atoms with Gasteiger partial charge >= 0.3 is 11.9 Å². The van der Waals surface area contributed by atoms with Crippen LogP contribution in [-0.4, -0.2) is 69.9 Å². The molecule has 0 spiro atoms. The smallest absolute Gasteiger partial charge is 0.358 e. The van der Waals surface area contributed by atoms with Crippen LogP contribution < -0.4 is 11.1 Å². The average Bonchev–Trinajstić information content (AvgIpc) is 3.23. The molecule has 1 aromatic heterocycles. The molecule has 1 saturated heterocycles. The van der Waals surface area contributed by atoms with E-state index in [9.17, 15) is 19.2 Å². The van der Waals surface area contributed by atoms with Gasteiger partial charge in [-0.1, -0.05) is 24.2 Å². The number of fused-ring (bicyclic) bond motifs is 1. The highest BCUT2D eigenvalue weighted by atomic mass is 32.2. The Labute approximate surface area is 209 Å². The van der Waals surface area contributed by atoms with Gasteiger partial charge in [-0.15, -0.1) is 23.1 Å². The number of carbonyl (C=O) groups excluding carboxylic acids is 4. The van der Waals surface area contributed by atoms with Crippen LogP contribution in [0, 0.1) is 0 Å². The van der Waals surface area contributed by atoms with Crippen molar-refractivity contribution in [2.24, 2.45) is 5.16 Å². The minimum absolute atomic E-state index is 0.0472. The summed E-state index contributed by atoms with van der Waals surface area (Å²) in [6.45, 7) is 4.53. The summed E-state index contributed by atoms with van der Waals surface area (Å²) < 4.78 is 10.1. The number of allylic oxidation sites excluding steroid dienone is 2. The third-order valence-electron chi connectivity index (χ3n) is 4.80. The quantitative estimate of drug-likeness (QED) is 0.158. The lowest BCUT2D eigenvalue weighted by Gasteiger charge is -2.49. The second-order valence-electron chi connectivity index (χ2n) is 7.32. The maximum absolute atomic E-state index is 13.1. The van der Waals surface area contributed by atoms with Gasteiger partial charge in [0.25, 0.3) is 11.8 Å². The Kier molecular flexibility index (Phi) is 8.51. The fourth-order valence-corrected chi connectivity index (χ4v) is 5.25. The molecule has 2 amide bonds. The van der Waals surface area contributed by atoms with Crippen molar-refractivity contribution in [3.8, 4) is 0 Å². The Morgan fingerprint density at radius 2 is 2.14 bits per heavy atom. The number of thioether (sulfide) groups is 1. The van der Waals surface area contributed by atoms with Crippen LogP contribution in [0.4, 0.5) is 5.13 Å². The number of nitrogens with one attached hydrogen (secondary N) is 1. The molecule has 12 nitrogen and oxygen atoms in total. The van der Waals surface area contributed by atoms with Crippen molar-refractivity contribution in [2.75, 3.05) is 18.6 Å². The third-order valence-corrected chi connectivity index (χ3v) is 6.78. The summed E-state index contributed by atoms with van der Waals surface area (Å²) in [5.74, 6) is -2.20. The lowest BCUT2D eigenvalue weighted by Crippen LogP contribution is -2.71. The van der Waals surface area contributed by atoms with Crippen LogP contribution in [0.3, 0.4) is 0 Å². The molecule has 35 heavy (non-hydrogen) atoms. The van der Waals surface area contributed by atoms with Crippen molar-refractivity contribution in [2.45, 2.75) is 44.9 Å². The molecule has 3 N–H and O–H groups in total. The lowest BCUT2D eigenvalue weighted by molar-refractivity contribution is -0.182. The summed E-state index contributed by atoms with van der Waals surface area (Å²) in [6.07, 6.45) is 3.20. The Morgan fingerprint density at radius 3 is 2.74 bits per heavy atom. The van der Waals surface area contributed by atoms with Crippen LogP contribution in [0.1, 0.15) is 32.9 Å². The molecule has 3 unspecified atom stereocenters. The number of thiazole rings is 1. The fraction of sp³-hybridized carbons (Fsp3) is 0.429. The van der Waals surface area contributed by atoms with Gasteiger partial charge in [0.1, 0.15) is 29.9 Å². The Morgan fingerprint density at radius 1 is 1.40 bits per heavy atom. The van der Waals surface area contributed by atoms with Gasteiger partial charge in [0.2, 0.25) is 6.29 Å². The monoisotopic (exact) mass is 523 g/mol. The number of oxime groups is 1. The summed E-state index contributed by atoms with van der Waals surface area (Å²) in [4.78, 5) is 60.2. The molecule has 3 heterocycles. The van der Waals surface area contributed by atoms with Crippen molar-refractivity contribution in [3.05, 3.63) is 34.5 Å². The van der Waals surface area contributed by atoms with Gasteiger partial charge in [0.15, 0.2) is 10.8 Å². The summed E-state index contributed by atoms with van der Waals surface area (Å²) in [7, 11) is 1.28. The van der Waals surface area contributed by atoms with Gasteiger partial charge in [0, 0.05) is 25.0 Å². The lowest BCUT2D eigenvalue weighted by atomic mass is 10.0. The summed E-state index contributed by atoms with van der Waals surface area (Å²) in [5.41, 5.74) is 6.36. The minimum atomic E-state index is -1.14. The van der Waals surface area contributed by atoms with Gasteiger partial charge in [-0.25, -0.2) is 9.78 Å². The normalized spacial score (nSPS) is 20.7. The predicted octanol–water partition coefficient (Wildman–Crippen LogP) is 1.15. The molecule has 0 bridgehead atoms. The zero-order valence-corrected chi connectivity index (χ0v) is 21.1. The Balaban J connectivity index is 1.81. The van der Waals surface area contributed by atoms with Crippen molar-refractivity contribution in [1.29, 1.82) is 0 Å². The molecule has 3 atom stereocenters. The fourth-order valence-electron chi connectivity index (χ4n) is 3.39. The zero-order valence-electron chi connectivity index (χ0n) is 19.5. The summed E-state index contributed by atoms with van der Waals surface area (Å²) >= 11 is 2.51. The van der Waals surface area contributed by atoms with E-state index in [-0.39, 0.29) is 22.2 Å². The summed E-state index contributed by atoms with van der Waals surface area (Å²) in [6, 6.07) is -0.920. The number of nitrogens with zero attached hydrogens (tertiary/aromatic N) is 3. The molecule has 188 valence electrons. The van der Waals surface area contributed by atoms with Crippen molar-refractivity contribution < 1.29 is 33.5 Å². The van der Waals surface area contributed by atoms with Crippen LogP contribution in [0.2, 0.25) is 0 Å². The van der Waals surface area contributed by atoms with E-state index in [1.54, 1.807) is 11.5 Å². The van der Waals surface area contributed by atoms with Gasteiger partial charge < -0.3 is 25.4 Å². The number of esters is 2. The van der Waals surface area contributed by atoms with Crippen LogP contribution in [0.5, 0.6) is 0 Å². The molecule has 2 aliphatic heterocycles. The van der Waals surface area contributed by atoms with E-state index >= 15 is 0 Å². The first kappa shape index (κ1) is 26.2. The molecule has 1 aromatic rings. The van der Waals surface area contributed by atoms with Crippen LogP contribution >= 0.6 is 23.1 Å². The van der Waals surface area contributed by atoms with Crippen molar-refractivity contribution in [3.63, 3.8) is 0 Å². The second kappa shape index (κ2) is 11.4.